The lowest BCUT2D eigenvalue weighted by atomic mass is 10.1. The first kappa shape index (κ1) is 25.8. The maximum atomic E-state index is 13.2. The number of nitrogens with one attached hydrogen (secondary N) is 4. The first-order valence-electron chi connectivity index (χ1n) is 11.8. The minimum Gasteiger partial charge on any atom is -0.342 e. The third-order valence-electron chi connectivity index (χ3n) is 6.16. The van der Waals surface area contributed by atoms with Gasteiger partial charge in [-0.15, -0.1) is 0 Å². The molecule has 11 heteroatoms. The molecular weight excluding hydrogens is 503 g/mol. The normalized spacial score (nSPS) is 16.1. The smallest absolute Gasteiger partial charge is 0.314 e. The van der Waals surface area contributed by atoms with Crippen LogP contribution in [-0.2, 0) is 0 Å². The van der Waals surface area contributed by atoms with Crippen molar-refractivity contribution in [1.29, 1.82) is 0 Å². The van der Waals surface area contributed by atoms with Crippen LogP contribution in [0.25, 0.3) is 11.0 Å². The number of carbonyl (C=O) groups is 3. The summed E-state index contributed by atoms with van der Waals surface area (Å²) in [5.74, 6) is 0.0355. The third kappa shape index (κ3) is 5.74. The number of rotatable bonds is 7. The molecule has 2 atom stereocenters. The Labute approximate surface area is 218 Å². The fraction of sp³-hybridized carbons (Fsp3) is 0.360. The van der Waals surface area contributed by atoms with E-state index in [1.54, 1.807) is 29.2 Å². The van der Waals surface area contributed by atoms with Crippen molar-refractivity contribution in [3.63, 3.8) is 0 Å². The molecule has 2 heterocycles. The summed E-state index contributed by atoms with van der Waals surface area (Å²) in [5.41, 5.74) is 2.19. The Kier molecular flexibility index (Phi) is 8.01. The van der Waals surface area contributed by atoms with Crippen molar-refractivity contribution in [3.8, 4) is 0 Å². The number of benzene rings is 2. The number of urea groups is 1. The van der Waals surface area contributed by atoms with E-state index in [9.17, 15) is 14.4 Å². The van der Waals surface area contributed by atoms with Gasteiger partial charge in [-0.25, -0.2) is 9.78 Å². The van der Waals surface area contributed by atoms with Crippen molar-refractivity contribution in [2.45, 2.75) is 38.8 Å². The highest BCUT2D eigenvalue weighted by atomic mass is 35.5. The van der Waals surface area contributed by atoms with E-state index in [2.05, 4.69) is 25.9 Å². The van der Waals surface area contributed by atoms with E-state index in [4.69, 9.17) is 23.2 Å². The summed E-state index contributed by atoms with van der Waals surface area (Å²) >= 11 is 12.5. The van der Waals surface area contributed by atoms with Crippen LogP contribution in [0.4, 0.5) is 4.79 Å². The summed E-state index contributed by atoms with van der Waals surface area (Å²) in [5, 5.41) is 9.17. The molecule has 0 bridgehead atoms. The lowest BCUT2D eigenvalue weighted by Gasteiger charge is -2.25. The monoisotopic (exact) mass is 530 g/mol. The van der Waals surface area contributed by atoms with Gasteiger partial charge in [0, 0.05) is 36.3 Å². The molecule has 4 N–H and O–H groups in total. The first-order chi connectivity index (χ1) is 17.3. The molecule has 0 aliphatic carbocycles. The summed E-state index contributed by atoms with van der Waals surface area (Å²) in [6, 6.07) is 9.22. The van der Waals surface area contributed by atoms with E-state index in [0.29, 0.717) is 41.6 Å². The van der Waals surface area contributed by atoms with Gasteiger partial charge in [0.1, 0.15) is 5.82 Å². The number of imidazole rings is 1. The Morgan fingerprint density at radius 1 is 1.17 bits per heavy atom. The zero-order valence-corrected chi connectivity index (χ0v) is 21.5. The number of nitrogens with zero attached hydrogens (tertiary/aromatic N) is 2. The highest BCUT2D eigenvalue weighted by molar-refractivity contribution is 6.34. The van der Waals surface area contributed by atoms with Crippen LogP contribution in [0.3, 0.4) is 0 Å². The number of fused-ring (bicyclic) bond motifs is 1. The topological polar surface area (TPSA) is 119 Å². The summed E-state index contributed by atoms with van der Waals surface area (Å²) in [7, 11) is 0. The number of carbonyl (C=O) groups excluding carboxylic acids is 3. The molecule has 1 fully saturated rings. The number of likely N-dealkylation sites (tertiary alicyclic amines) is 1. The quantitative estimate of drug-likeness (QED) is 0.364. The molecule has 3 aromatic rings. The molecule has 1 aliphatic rings. The van der Waals surface area contributed by atoms with Crippen LogP contribution in [0.1, 0.15) is 59.3 Å². The van der Waals surface area contributed by atoms with Gasteiger partial charge in [-0.1, -0.05) is 23.2 Å². The average molecular weight is 531 g/mol. The molecular formula is C25H28Cl2N6O3. The fourth-order valence-corrected chi connectivity index (χ4v) is 4.72. The molecule has 4 rings (SSSR count). The van der Waals surface area contributed by atoms with Crippen molar-refractivity contribution in [3.05, 3.63) is 63.4 Å². The van der Waals surface area contributed by atoms with Crippen LogP contribution in [0.5, 0.6) is 0 Å². The van der Waals surface area contributed by atoms with Gasteiger partial charge in [-0.05, 0) is 63.1 Å². The van der Waals surface area contributed by atoms with Crippen LogP contribution >= 0.6 is 23.2 Å². The second kappa shape index (κ2) is 11.2. The number of amides is 4. The lowest BCUT2D eigenvalue weighted by molar-refractivity contribution is 0.0736. The lowest BCUT2D eigenvalue weighted by Crippen LogP contribution is -2.45. The molecule has 1 saturated heterocycles. The molecule has 0 radical (unpaired) electrons. The Balaban J connectivity index is 1.41. The van der Waals surface area contributed by atoms with Gasteiger partial charge in [0.05, 0.1) is 27.7 Å². The van der Waals surface area contributed by atoms with Crippen molar-refractivity contribution in [2.24, 2.45) is 0 Å². The molecule has 2 aromatic carbocycles. The van der Waals surface area contributed by atoms with E-state index < -0.39 is 6.04 Å². The Hall–Kier alpha value is -3.30. The molecule has 36 heavy (non-hydrogen) atoms. The second-order valence-electron chi connectivity index (χ2n) is 8.71. The Bertz CT molecular complexity index is 1290. The molecule has 1 unspecified atom stereocenters. The molecule has 1 aromatic heterocycles. The van der Waals surface area contributed by atoms with Gasteiger partial charge < -0.3 is 25.8 Å². The van der Waals surface area contributed by atoms with Crippen molar-refractivity contribution < 1.29 is 14.4 Å². The van der Waals surface area contributed by atoms with Crippen LogP contribution in [0.15, 0.2) is 36.4 Å². The largest absolute Gasteiger partial charge is 0.342 e. The molecule has 1 aliphatic heterocycles. The Morgan fingerprint density at radius 2 is 1.97 bits per heavy atom. The van der Waals surface area contributed by atoms with Crippen LogP contribution in [0, 0.1) is 0 Å². The number of halogens is 2. The van der Waals surface area contributed by atoms with Crippen LogP contribution in [-0.4, -0.2) is 58.4 Å². The molecule has 4 amide bonds. The van der Waals surface area contributed by atoms with E-state index in [0.717, 1.165) is 23.9 Å². The van der Waals surface area contributed by atoms with Gasteiger partial charge in [0.25, 0.3) is 11.8 Å². The highest BCUT2D eigenvalue weighted by Gasteiger charge is 2.31. The summed E-state index contributed by atoms with van der Waals surface area (Å²) in [6.45, 7) is 5.13. The van der Waals surface area contributed by atoms with Crippen LogP contribution < -0.4 is 16.0 Å². The van der Waals surface area contributed by atoms with Gasteiger partial charge in [0.2, 0.25) is 0 Å². The minimum atomic E-state index is -0.397. The van der Waals surface area contributed by atoms with Gasteiger partial charge in [-0.2, -0.15) is 0 Å². The average Bonchev–Trinajstić information content (AvgIpc) is 3.49. The van der Waals surface area contributed by atoms with Crippen LogP contribution in [0.2, 0.25) is 10.0 Å². The molecule has 190 valence electrons. The zero-order valence-electron chi connectivity index (χ0n) is 20.0. The standard InChI is InChI=1S/C25H28Cl2N6O3/c1-3-28-25(36)29-13-17-5-4-10-33(17)24(35)18-8-6-15(11-19(18)27)23(34)30-14(2)22-31-20-9-7-16(26)12-21(20)32-22/h6-9,11-12,14,17H,3-5,10,13H2,1-2H3,(H,30,34)(H,31,32)(H2,28,29,36)/t14?,17-/m1/s1. The highest BCUT2D eigenvalue weighted by Crippen LogP contribution is 2.25. The van der Waals surface area contributed by atoms with E-state index in [-0.39, 0.29) is 28.9 Å². The predicted octanol–water partition coefficient (Wildman–Crippen LogP) is 4.28. The van der Waals surface area contributed by atoms with Gasteiger partial charge >= 0.3 is 6.03 Å². The van der Waals surface area contributed by atoms with Crippen molar-refractivity contribution in [2.75, 3.05) is 19.6 Å². The van der Waals surface area contributed by atoms with Crippen molar-refractivity contribution in [1.82, 2.24) is 30.8 Å². The third-order valence-corrected chi connectivity index (χ3v) is 6.70. The van der Waals surface area contributed by atoms with E-state index in [1.807, 2.05) is 19.9 Å². The van der Waals surface area contributed by atoms with Gasteiger partial charge in [0.15, 0.2) is 0 Å². The number of hydrogen-bond acceptors (Lipinski definition) is 4. The number of H-pyrrole nitrogens is 1. The maximum Gasteiger partial charge on any atom is 0.314 e. The maximum absolute atomic E-state index is 13.2. The van der Waals surface area contributed by atoms with E-state index in [1.165, 1.54) is 6.07 Å². The number of hydrogen-bond donors (Lipinski definition) is 4. The number of aromatic nitrogens is 2. The molecule has 0 saturated carbocycles. The second-order valence-corrected chi connectivity index (χ2v) is 9.55. The molecule has 9 nitrogen and oxygen atoms in total. The first-order valence-corrected chi connectivity index (χ1v) is 12.6. The summed E-state index contributed by atoms with van der Waals surface area (Å²) in [4.78, 5) is 47.2. The Morgan fingerprint density at radius 3 is 2.72 bits per heavy atom. The predicted molar refractivity (Wildman–Crippen MR) is 140 cm³/mol. The SMILES string of the molecule is CCNC(=O)NC[C@H]1CCCN1C(=O)c1ccc(C(=O)NC(C)c2nc3ccc(Cl)cc3[nH]2)cc1Cl. The molecule has 0 spiro atoms. The van der Waals surface area contributed by atoms with E-state index >= 15 is 0 Å². The minimum absolute atomic E-state index is 0.112. The summed E-state index contributed by atoms with van der Waals surface area (Å²) in [6.07, 6.45) is 1.64. The number of aromatic amines is 1. The zero-order chi connectivity index (χ0) is 25.8. The fourth-order valence-electron chi connectivity index (χ4n) is 4.29. The summed E-state index contributed by atoms with van der Waals surface area (Å²) < 4.78 is 0. The van der Waals surface area contributed by atoms with Crippen molar-refractivity contribution >= 4 is 52.1 Å². The van der Waals surface area contributed by atoms with Gasteiger partial charge in [-0.3, -0.25) is 9.59 Å².